The van der Waals surface area contributed by atoms with Gasteiger partial charge in [-0.3, -0.25) is 4.79 Å². The largest absolute Gasteiger partial charge is 0.383 e. The number of aromatic nitrogens is 2. The molecule has 0 radical (unpaired) electrons. The first-order chi connectivity index (χ1) is 10.1. The highest BCUT2D eigenvalue weighted by atomic mass is 35.5. The summed E-state index contributed by atoms with van der Waals surface area (Å²) in [7, 11) is 3.38. The van der Waals surface area contributed by atoms with E-state index in [4.69, 9.17) is 16.3 Å². The summed E-state index contributed by atoms with van der Waals surface area (Å²) in [6.07, 6.45) is 0. The molecular weight excluding hydrogens is 292 g/mol. The first-order valence-corrected chi connectivity index (χ1v) is 6.89. The Morgan fingerprint density at radius 3 is 2.76 bits per heavy atom. The zero-order valence-electron chi connectivity index (χ0n) is 12.0. The molecule has 1 aromatic carbocycles. The van der Waals surface area contributed by atoms with Crippen molar-refractivity contribution in [1.82, 2.24) is 15.5 Å². The molecule has 0 unspecified atom stereocenters. The Morgan fingerprint density at radius 2 is 2.05 bits per heavy atom. The monoisotopic (exact) mass is 308 g/mol. The Hall–Kier alpha value is -1.92. The first kappa shape index (κ1) is 15.5. The minimum absolute atomic E-state index is 0.101. The average Bonchev–Trinajstić information content (AvgIpc) is 2.48. The van der Waals surface area contributed by atoms with Crippen LogP contribution < -0.4 is 10.2 Å². The maximum atomic E-state index is 11.8. The summed E-state index contributed by atoms with van der Waals surface area (Å²) in [4.78, 5) is 13.6. The topological polar surface area (TPSA) is 67.3 Å². The fourth-order valence-electron chi connectivity index (χ4n) is 1.98. The second kappa shape index (κ2) is 7.19. The highest BCUT2D eigenvalue weighted by molar-refractivity contribution is 6.34. The summed E-state index contributed by atoms with van der Waals surface area (Å²) < 4.78 is 4.89. The van der Waals surface area contributed by atoms with Gasteiger partial charge >= 0.3 is 0 Å². The van der Waals surface area contributed by atoms with Gasteiger partial charge < -0.3 is 15.0 Å². The number of hydrogen-bond donors (Lipinski definition) is 1. The number of nitrogens with one attached hydrogen (secondary N) is 1. The average molecular weight is 309 g/mol. The van der Waals surface area contributed by atoms with E-state index in [0.717, 1.165) is 10.8 Å². The molecule has 0 bridgehead atoms. The SMILES string of the molecule is COCCNC(=O)CN(C)c1nnc(Cl)c2ccccc12. The lowest BCUT2D eigenvalue weighted by Gasteiger charge is -2.19. The maximum Gasteiger partial charge on any atom is 0.239 e. The van der Waals surface area contributed by atoms with Gasteiger partial charge in [-0.1, -0.05) is 35.9 Å². The molecule has 21 heavy (non-hydrogen) atoms. The number of benzene rings is 1. The molecule has 1 aromatic heterocycles. The lowest BCUT2D eigenvalue weighted by atomic mass is 10.2. The highest BCUT2D eigenvalue weighted by Gasteiger charge is 2.13. The van der Waals surface area contributed by atoms with Gasteiger partial charge in [-0.15, -0.1) is 10.2 Å². The number of likely N-dealkylation sites (N-methyl/N-ethyl adjacent to an activating group) is 1. The minimum atomic E-state index is -0.101. The molecule has 0 spiro atoms. The fraction of sp³-hybridized carbons (Fsp3) is 0.357. The quantitative estimate of drug-likeness (QED) is 0.819. The predicted molar refractivity (Wildman–Crippen MR) is 82.7 cm³/mol. The van der Waals surface area contributed by atoms with E-state index in [1.807, 2.05) is 24.3 Å². The van der Waals surface area contributed by atoms with E-state index in [-0.39, 0.29) is 12.5 Å². The number of carbonyl (C=O) groups excluding carboxylic acids is 1. The molecule has 0 aliphatic carbocycles. The van der Waals surface area contributed by atoms with Gasteiger partial charge in [0.2, 0.25) is 5.91 Å². The first-order valence-electron chi connectivity index (χ1n) is 6.51. The van der Waals surface area contributed by atoms with Crippen LogP contribution >= 0.6 is 11.6 Å². The number of hydrogen-bond acceptors (Lipinski definition) is 5. The molecule has 0 aliphatic heterocycles. The van der Waals surface area contributed by atoms with Crippen molar-refractivity contribution in [2.45, 2.75) is 0 Å². The summed E-state index contributed by atoms with van der Waals surface area (Å²) >= 11 is 6.04. The van der Waals surface area contributed by atoms with Crippen molar-refractivity contribution in [3.63, 3.8) is 0 Å². The molecule has 0 atom stereocenters. The Labute approximate surface area is 128 Å². The van der Waals surface area contributed by atoms with Gasteiger partial charge in [0.1, 0.15) is 0 Å². The van der Waals surface area contributed by atoms with Crippen LogP contribution in [0.15, 0.2) is 24.3 Å². The molecule has 1 amide bonds. The van der Waals surface area contributed by atoms with E-state index in [2.05, 4.69) is 15.5 Å². The van der Waals surface area contributed by atoms with E-state index < -0.39 is 0 Å². The Balaban J connectivity index is 2.14. The molecule has 7 heteroatoms. The number of ether oxygens (including phenoxy) is 1. The second-order valence-corrected chi connectivity index (χ2v) is 4.92. The third-order valence-corrected chi connectivity index (χ3v) is 3.27. The molecule has 0 saturated carbocycles. The Morgan fingerprint density at radius 1 is 1.33 bits per heavy atom. The molecule has 6 nitrogen and oxygen atoms in total. The number of anilines is 1. The van der Waals surface area contributed by atoms with Gasteiger partial charge in [0.25, 0.3) is 0 Å². The van der Waals surface area contributed by atoms with Crippen molar-refractivity contribution in [2.75, 3.05) is 38.8 Å². The third kappa shape index (κ3) is 3.80. The second-order valence-electron chi connectivity index (χ2n) is 4.56. The normalized spacial score (nSPS) is 10.6. The van der Waals surface area contributed by atoms with Gasteiger partial charge in [0, 0.05) is 31.5 Å². The number of halogens is 1. The van der Waals surface area contributed by atoms with E-state index >= 15 is 0 Å². The molecule has 0 aliphatic rings. The summed E-state index contributed by atoms with van der Waals surface area (Å²) in [6.45, 7) is 1.15. The smallest absolute Gasteiger partial charge is 0.239 e. The summed E-state index contributed by atoms with van der Waals surface area (Å²) in [6, 6.07) is 7.57. The van der Waals surface area contributed by atoms with Crippen LogP contribution in [0.25, 0.3) is 10.8 Å². The lowest BCUT2D eigenvalue weighted by molar-refractivity contribution is -0.119. The van der Waals surface area contributed by atoms with E-state index in [1.165, 1.54) is 0 Å². The molecule has 2 aromatic rings. The molecule has 0 saturated heterocycles. The number of fused-ring (bicyclic) bond motifs is 1. The maximum absolute atomic E-state index is 11.8. The van der Waals surface area contributed by atoms with Gasteiger partial charge in [0.05, 0.1) is 13.2 Å². The van der Waals surface area contributed by atoms with E-state index in [9.17, 15) is 4.79 Å². The Bertz CT molecular complexity index is 635. The molecule has 1 heterocycles. The van der Waals surface area contributed by atoms with Crippen LogP contribution in [-0.2, 0) is 9.53 Å². The number of carbonyl (C=O) groups is 1. The predicted octanol–water partition coefficient (Wildman–Crippen LogP) is 1.48. The lowest BCUT2D eigenvalue weighted by Crippen LogP contribution is -2.37. The van der Waals surface area contributed by atoms with Crippen molar-refractivity contribution in [3.05, 3.63) is 29.4 Å². The molecule has 1 N–H and O–H groups in total. The van der Waals surface area contributed by atoms with Crippen LogP contribution in [0.4, 0.5) is 5.82 Å². The molecular formula is C14H17ClN4O2. The number of methoxy groups -OCH3 is 1. The highest BCUT2D eigenvalue weighted by Crippen LogP contribution is 2.27. The van der Waals surface area contributed by atoms with Crippen LogP contribution in [0.2, 0.25) is 5.15 Å². The van der Waals surface area contributed by atoms with Gasteiger partial charge in [0.15, 0.2) is 11.0 Å². The number of rotatable bonds is 6. The standard InChI is InChI=1S/C14H17ClN4O2/c1-19(9-12(20)16-7-8-21-2)14-11-6-4-3-5-10(11)13(15)17-18-14/h3-6H,7-9H2,1-2H3,(H,16,20). The zero-order valence-corrected chi connectivity index (χ0v) is 12.7. The summed E-state index contributed by atoms with van der Waals surface area (Å²) in [5.41, 5.74) is 0. The fourth-order valence-corrected chi connectivity index (χ4v) is 2.18. The van der Waals surface area contributed by atoms with Gasteiger partial charge in [-0.2, -0.15) is 0 Å². The molecule has 112 valence electrons. The summed E-state index contributed by atoms with van der Waals surface area (Å²) in [5, 5.41) is 12.8. The van der Waals surface area contributed by atoms with Gasteiger partial charge in [-0.05, 0) is 0 Å². The molecule has 0 fully saturated rings. The summed E-state index contributed by atoms with van der Waals surface area (Å²) in [5.74, 6) is 0.521. The van der Waals surface area contributed by atoms with Crippen molar-refractivity contribution >= 4 is 34.1 Å². The van der Waals surface area contributed by atoms with Crippen molar-refractivity contribution in [3.8, 4) is 0 Å². The zero-order chi connectivity index (χ0) is 15.2. The van der Waals surface area contributed by atoms with E-state index in [1.54, 1.807) is 19.1 Å². The van der Waals surface area contributed by atoms with Crippen LogP contribution in [0.3, 0.4) is 0 Å². The van der Waals surface area contributed by atoms with Crippen molar-refractivity contribution in [1.29, 1.82) is 0 Å². The van der Waals surface area contributed by atoms with Crippen molar-refractivity contribution < 1.29 is 9.53 Å². The minimum Gasteiger partial charge on any atom is -0.383 e. The van der Waals surface area contributed by atoms with Crippen LogP contribution in [0, 0.1) is 0 Å². The van der Waals surface area contributed by atoms with Gasteiger partial charge in [-0.25, -0.2) is 0 Å². The Kier molecular flexibility index (Phi) is 5.30. The number of amides is 1. The third-order valence-electron chi connectivity index (χ3n) is 2.99. The number of nitrogens with zero attached hydrogens (tertiary/aromatic N) is 3. The van der Waals surface area contributed by atoms with Crippen LogP contribution in [0.5, 0.6) is 0 Å². The molecule has 2 rings (SSSR count). The van der Waals surface area contributed by atoms with E-state index in [0.29, 0.717) is 24.1 Å². The van der Waals surface area contributed by atoms with Crippen LogP contribution in [-0.4, -0.2) is 50.0 Å². The van der Waals surface area contributed by atoms with Crippen LogP contribution in [0.1, 0.15) is 0 Å². The van der Waals surface area contributed by atoms with Crippen molar-refractivity contribution in [2.24, 2.45) is 0 Å².